The Morgan fingerprint density at radius 3 is 2.53 bits per heavy atom. The number of alkyl halides is 1. The number of benzene rings is 2. The molecule has 0 atom stereocenters. The van der Waals surface area contributed by atoms with Crippen molar-refractivity contribution in [2.24, 2.45) is 0 Å². The minimum absolute atomic E-state index is 0.556. The van der Waals surface area contributed by atoms with Crippen molar-refractivity contribution in [3.8, 4) is 0 Å². The second-order valence-electron chi connectivity index (χ2n) is 4.18. The molecule has 0 bridgehead atoms. The Balaban J connectivity index is 2.02. The summed E-state index contributed by atoms with van der Waals surface area (Å²) in [4.78, 5) is 0. The van der Waals surface area contributed by atoms with E-state index in [9.17, 15) is 0 Å². The molecule has 0 unspecified atom stereocenters. The van der Waals surface area contributed by atoms with E-state index in [1.54, 1.807) is 0 Å². The highest BCUT2D eigenvalue weighted by Gasteiger charge is 1.96. The normalized spacial score (nSPS) is 10.2. The summed E-state index contributed by atoms with van der Waals surface area (Å²) in [5.41, 5.74) is 4.84. The Kier molecular flexibility index (Phi) is 4.05. The third-order valence-corrected chi connectivity index (χ3v) is 2.97. The minimum Gasteiger partial charge on any atom is -0.381 e. The Morgan fingerprint density at radius 1 is 1.00 bits per heavy atom. The van der Waals surface area contributed by atoms with Crippen LogP contribution in [0.15, 0.2) is 48.5 Å². The van der Waals surface area contributed by atoms with Crippen LogP contribution in [0.4, 0.5) is 5.69 Å². The van der Waals surface area contributed by atoms with Crippen LogP contribution in [-0.4, -0.2) is 0 Å². The highest BCUT2D eigenvalue weighted by Crippen LogP contribution is 2.14. The molecule has 88 valence electrons. The van der Waals surface area contributed by atoms with Crippen LogP contribution in [0.25, 0.3) is 0 Å². The quantitative estimate of drug-likeness (QED) is 0.790. The van der Waals surface area contributed by atoms with Crippen LogP contribution >= 0.6 is 11.6 Å². The lowest BCUT2D eigenvalue weighted by Gasteiger charge is -2.08. The maximum absolute atomic E-state index is 5.81. The van der Waals surface area contributed by atoms with E-state index in [1.165, 1.54) is 11.1 Å². The van der Waals surface area contributed by atoms with E-state index < -0.39 is 0 Å². The Labute approximate surface area is 107 Å². The highest BCUT2D eigenvalue weighted by molar-refractivity contribution is 6.17. The third kappa shape index (κ3) is 3.50. The Morgan fingerprint density at radius 2 is 1.76 bits per heavy atom. The van der Waals surface area contributed by atoms with E-state index in [0.717, 1.165) is 17.8 Å². The summed E-state index contributed by atoms with van der Waals surface area (Å²) in [6, 6.07) is 16.7. The molecule has 2 aromatic rings. The average molecular weight is 246 g/mol. The predicted molar refractivity (Wildman–Crippen MR) is 74.5 cm³/mol. The van der Waals surface area contributed by atoms with Crippen molar-refractivity contribution in [2.45, 2.75) is 19.3 Å². The van der Waals surface area contributed by atoms with E-state index in [-0.39, 0.29) is 0 Å². The second-order valence-corrected chi connectivity index (χ2v) is 4.44. The summed E-state index contributed by atoms with van der Waals surface area (Å²) in [5, 5.41) is 3.40. The molecule has 17 heavy (non-hydrogen) atoms. The molecule has 0 aliphatic carbocycles. The van der Waals surface area contributed by atoms with Gasteiger partial charge in [0.15, 0.2) is 0 Å². The fraction of sp³-hybridized carbons (Fsp3) is 0.200. The van der Waals surface area contributed by atoms with Crippen molar-refractivity contribution in [1.29, 1.82) is 0 Å². The summed E-state index contributed by atoms with van der Waals surface area (Å²) in [7, 11) is 0. The second kappa shape index (κ2) is 5.74. The zero-order chi connectivity index (χ0) is 12.1. The van der Waals surface area contributed by atoms with Gasteiger partial charge < -0.3 is 5.32 Å². The van der Waals surface area contributed by atoms with Gasteiger partial charge in [-0.15, -0.1) is 11.6 Å². The molecule has 0 amide bonds. The Hall–Kier alpha value is -1.47. The molecule has 0 saturated heterocycles. The maximum atomic E-state index is 5.81. The van der Waals surface area contributed by atoms with Crippen LogP contribution in [-0.2, 0) is 12.4 Å². The number of halogens is 1. The van der Waals surface area contributed by atoms with Crippen molar-refractivity contribution in [3.63, 3.8) is 0 Å². The average Bonchev–Trinajstić information content (AvgIpc) is 2.37. The van der Waals surface area contributed by atoms with Crippen LogP contribution in [0.1, 0.15) is 16.7 Å². The first kappa shape index (κ1) is 12.0. The lowest BCUT2D eigenvalue weighted by atomic mass is 10.1. The van der Waals surface area contributed by atoms with Gasteiger partial charge in [-0.25, -0.2) is 0 Å². The first-order valence-corrected chi connectivity index (χ1v) is 6.26. The van der Waals surface area contributed by atoms with Gasteiger partial charge in [-0.05, 0) is 30.2 Å². The van der Waals surface area contributed by atoms with E-state index in [4.69, 9.17) is 11.6 Å². The summed E-state index contributed by atoms with van der Waals surface area (Å²) in [6.07, 6.45) is 0. The van der Waals surface area contributed by atoms with E-state index in [1.807, 2.05) is 12.1 Å². The standard InChI is InChI=1S/C15H16ClN/c1-12-4-2-6-14(8-12)11-17-15-7-3-5-13(9-15)10-16/h2-9,17H,10-11H2,1H3. The van der Waals surface area contributed by atoms with Gasteiger partial charge in [-0.3, -0.25) is 0 Å². The van der Waals surface area contributed by atoms with Crippen LogP contribution in [0, 0.1) is 6.92 Å². The van der Waals surface area contributed by atoms with Crippen molar-refractivity contribution in [2.75, 3.05) is 5.32 Å². The molecule has 0 aliphatic rings. The van der Waals surface area contributed by atoms with Crippen molar-refractivity contribution < 1.29 is 0 Å². The van der Waals surface area contributed by atoms with Gasteiger partial charge in [0.05, 0.1) is 0 Å². The van der Waals surface area contributed by atoms with Gasteiger partial charge in [0.2, 0.25) is 0 Å². The summed E-state index contributed by atoms with van der Waals surface area (Å²) in [6.45, 7) is 2.95. The van der Waals surface area contributed by atoms with Gasteiger partial charge in [0.1, 0.15) is 0 Å². The molecule has 0 radical (unpaired) electrons. The monoisotopic (exact) mass is 245 g/mol. The number of aryl methyl sites for hydroxylation is 1. The largest absolute Gasteiger partial charge is 0.381 e. The molecule has 1 N–H and O–H groups in total. The number of rotatable bonds is 4. The number of anilines is 1. The molecular weight excluding hydrogens is 230 g/mol. The van der Waals surface area contributed by atoms with Crippen LogP contribution < -0.4 is 5.32 Å². The van der Waals surface area contributed by atoms with Crippen molar-refractivity contribution >= 4 is 17.3 Å². The molecule has 0 aliphatic heterocycles. The van der Waals surface area contributed by atoms with Gasteiger partial charge in [-0.1, -0.05) is 42.0 Å². The number of hydrogen-bond acceptors (Lipinski definition) is 1. The molecule has 0 spiro atoms. The number of hydrogen-bond donors (Lipinski definition) is 1. The van der Waals surface area contributed by atoms with Crippen LogP contribution in [0.5, 0.6) is 0 Å². The highest BCUT2D eigenvalue weighted by atomic mass is 35.5. The van der Waals surface area contributed by atoms with Gasteiger partial charge in [0.25, 0.3) is 0 Å². The molecule has 0 heterocycles. The molecule has 0 saturated carbocycles. The van der Waals surface area contributed by atoms with E-state index in [0.29, 0.717) is 5.88 Å². The van der Waals surface area contributed by atoms with E-state index in [2.05, 4.69) is 48.6 Å². The summed E-state index contributed by atoms with van der Waals surface area (Å²) >= 11 is 5.81. The number of nitrogens with one attached hydrogen (secondary N) is 1. The molecule has 0 fully saturated rings. The topological polar surface area (TPSA) is 12.0 Å². The van der Waals surface area contributed by atoms with Crippen LogP contribution in [0.2, 0.25) is 0 Å². The zero-order valence-corrected chi connectivity index (χ0v) is 10.7. The zero-order valence-electron chi connectivity index (χ0n) is 9.91. The fourth-order valence-corrected chi connectivity index (χ4v) is 1.96. The SMILES string of the molecule is Cc1cccc(CNc2cccc(CCl)c2)c1. The lowest BCUT2D eigenvalue weighted by Crippen LogP contribution is -1.99. The fourth-order valence-electron chi connectivity index (χ4n) is 1.79. The predicted octanol–water partition coefficient (Wildman–Crippen LogP) is 4.35. The van der Waals surface area contributed by atoms with Crippen molar-refractivity contribution in [3.05, 3.63) is 65.2 Å². The Bertz CT molecular complexity index is 494. The molecule has 0 aromatic heterocycles. The van der Waals surface area contributed by atoms with Gasteiger partial charge in [-0.2, -0.15) is 0 Å². The van der Waals surface area contributed by atoms with E-state index >= 15 is 0 Å². The lowest BCUT2D eigenvalue weighted by molar-refractivity contribution is 1.14. The third-order valence-electron chi connectivity index (χ3n) is 2.66. The minimum atomic E-state index is 0.556. The molecule has 1 nitrogen and oxygen atoms in total. The van der Waals surface area contributed by atoms with Crippen LogP contribution in [0.3, 0.4) is 0 Å². The molecular formula is C15H16ClN. The maximum Gasteiger partial charge on any atom is 0.0474 e. The van der Waals surface area contributed by atoms with Gasteiger partial charge >= 0.3 is 0 Å². The molecule has 2 heteroatoms. The molecule has 2 aromatic carbocycles. The molecule has 2 rings (SSSR count). The first-order valence-electron chi connectivity index (χ1n) is 5.72. The van der Waals surface area contributed by atoms with Gasteiger partial charge in [0, 0.05) is 18.1 Å². The van der Waals surface area contributed by atoms with Crippen molar-refractivity contribution in [1.82, 2.24) is 0 Å². The summed E-state index contributed by atoms with van der Waals surface area (Å²) in [5.74, 6) is 0.556. The summed E-state index contributed by atoms with van der Waals surface area (Å²) < 4.78 is 0. The smallest absolute Gasteiger partial charge is 0.0474 e. The first-order chi connectivity index (χ1) is 8.28.